The van der Waals surface area contributed by atoms with Crippen LogP contribution in [0.1, 0.15) is 37.7 Å². The molecule has 0 spiro atoms. The van der Waals surface area contributed by atoms with Crippen LogP contribution in [0.2, 0.25) is 10.0 Å². The van der Waals surface area contributed by atoms with Crippen molar-refractivity contribution in [3.8, 4) is 11.3 Å². The monoisotopic (exact) mass is 581 g/mol. The zero-order valence-corrected chi connectivity index (χ0v) is 22.9. The Hall–Kier alpha value is -3.69. The number of allylic oxidation sites excluding steroid dienone is 5. The van der Waals surface area contributed by atoms with Gasteiger partial charge in [-0.2, -0.15) is 13.2 Å². The van der Waals surface area contributed by atoms with Gasteiger partial charge in [0.15, 0.2) is 0 Å². The van der Waals surface area contributed by atoms with Crippen LogP contribution in [0.15, 0.2) is 78.2 Å². The van der Waals surface area contributed by atoms with Gasteiger partial charge in [-0.25, -0.2) is 9.37 Å². The van der Waals surface area contributed by atoms with Crippen molar-refractivity contribution in [2.45, 2.75) is 26.9 Å². The number of benzene rings is 2. The fraction of sp³-hybridized carbons (Fsp3) is 0.179. The molecular formula is C28H25Cl2F4N3O2. The van der Waals surface area contributed by atoms with Gasteiger partial charge < -0.3 is 4.57 Å². The van der Waals surface area contributed by atoms with Gasteiger partial charge in [-0.1, -0.05) is 47.0 Å². The third-order valence-corrected chi connectivity index (χ3v) is 5.89. The van der Waals surface area contributed by atoms with Crippen LogP contribution in [-0.4, -0.2) is 14.5 Å². The van der Waals surface area contributed by atoms with Gasteiger partial charge in [0.2, 0.25) is 0 Å². The third kappa shape index (κ3) is 9.23. The zero-order valence-electron chi connectivity index (χ0n) is 21.4. The first-order valence-corrected chi connectivity index (χ1v) is 12.2. The Bertz CT molecular complexity index is 1460. The lowest BCUT2D eigenvalue weighted by atomic mass is 10.1. The predicted octanol–water partition coefficient (Wildman–Crippen LogP) is 9.41. The van der Waals surface area contributed by atoms with Crippen LogP contribution in [0.4, 0.5) is 17.6 Å². The van der Waals surface area contributed by atoms with E-state index in [0.717, 1.165) is 17.7 Å². The molecule has 0 bridgehead atoms. The first-order chi connectivity index (χ1) is 18.3. The lowest BCUT2D eigenvalue weighted by molar-refractivity contribution is -0.419. The quantitative estimate of drug-likeness (QED) is 0.126. The molecule has 0 atom stereocenters. The molecule has 0 saturated heterocycles. The molecule has 0 fully saturated rings. The summed E-state index contributed by atoms with van der Waals surface area (Å²) in [4.78, 5) is 14.3. The SMILES string of the molecule is C\C=C(C)/C=C\C(=C/C)[N+](=O)[O-].Cn1cc(-c2ccc(Cl)cc2Cl)nc1/C=C/c1ccc(C(F)(F)F)cc1F. The molecule has 5 nitrogen and oxygen atoms in total. The first kappa shape index (κ1) is 31.5. The average molecular weight is 582 g/mol. The van der Waals surface area contributed by atoms with E-state index in [-0.39, 0.29) is 11.3 Å². The van der Waals surface area contributed by atoms with Crippen molar-refractivity contribution in [2.75, 3.05) is 0 Å². The van der Waals surface area contributed by atoms with Gasteiger partial charge in [0.25, 0.3) is 5.70 Å². The summed E-state index contributed by atoms with van der Waals surface area (Å²) in [5.74, 6) is -0.480. The molecule has 0 N–H and O–H groups in total. The highest BCUT2D eigenvalue weighted by molar-refractivity contribution is 6.36. The second-order valence-corrected chi connectivity index (χ2v) is 8.97. The summed E-state index contributed by atoms with van der Waals surface area (Å²) in [6.07, 6.45) is 6.61. The summed E-state index contributed by atoms with van der Waals surface area (Å²) in [6.45, 7) is 5.43. The van der Waals surface area contributed by atoms with Crippen LogP contribution in [0.5, 0.6) is 0 Å². The third-order valence-electron chi connectivity index (χ3n) is 5.34. The summed E-state index contributed by atoms with van der Waals surface area (Å²) in [5.41, 5.74) is 1.39. The number of aromatic nitrogens is 2. The summed E-state index contributed by atoms with van der Waals surface area (Å²) in [7, 11) is 1.74. The minimum Gasteiger partial charge on any atom is -0.334 e. The van der Waals surface area contributed by atoms with Crippen LogP contribution in [0.25, 0.3) is 23.4 Å². The standard InChI is InChI=1S/C19H12Cl2F4N2.C9H13NO2/c1-27-10-17(14-6-5-13(20)9-15(14)21)26-18(27)7-3-11-2-4-12(8-16(11)22)19(23,24)25;1-4-8(3)6-7-9(5-2)10(11)12/h2-10H,1H3;4-7H,1-3H3/b7-3+;7-6-,8-4-,9-5+. The Balaban J connectivity index is 0.000000377. The van der Waals surface area contributed by atoms with Gasteiger partial charge in [0.05, 0.1) is 21.2 Å². The number of nitrogens with zero attached hydrogens (tertiary/aromatic N) is 3. The van der Waals surface area contributed by atoms with Crippen LogP contribution >= 0.6 is 23.2 Å². The highest BCUT2D eigenvalue weighted by Crippen LogP contribution is 2.31. The molecule has 39 heavy (non-hydrogen) atoms. The first-order valence-electron chi connectivity index (χ1n) is 11.4. The van der Waals surface area contributed by atoms with E-state index in [1.807, 2.05) is 19.9 Å². The minimum atomic E-state index is -4.59. The normalized spacial score (nSPS) is 12.7. The van der Waals surface area contributed by atoms with Crippen LogP contribution in [0, 0.1) is 15.9 Å². The number of halogens is 6. The van der Waals surface area contributed by atoms with Crippen LogP contribution in [-0.2, 0) is 13.2 Å². The molecule has 1 aromatic heterocycles. The molecule has 3 rings (SSSR count). The van der Waals surface area contributed by atoms with Crippen molar-refractivity contribution in [3.05, 3.63) is 121 Å². The molecule has 0 saturated carbocycles. The highest BCUT2D eigenvalue weighted by Gasteiger charge is 2.31. The molecule has 0 aliphatic heterocycles. The highest BCUT2D eigenvalue weighted by atomic mass is 35.5. The number of imidazole rings is 1. The minimum absolute atomic E-state index is 0.0251. The van der Waals surface area contributed by atoms with E-state index in [1.54, 1.807) is 49.0 Å². The fourth-order valence-electron chi connectivity index (χ4n) is 3.04. The van der Waals surface area contributed by atoms with Crippen molar-refractivity contribution >= 4 is 35.4 Å². The second kappa shape index (κ2) is 13.9. The molecule has 3 aromatic rings. The van der Waals surface area contributed by atoms with Gasteiger partial charge in [0.1, 0.15) is 11.6 Å². The topological polar surface area (TPSA) is 61.0 Å². The van der Waals surface area contributed by atoms with Gasteiger partial charge >= 0.3 is 6.18 Å². The molecule has 0 unspecified atom stereocenters. The van der Waals surface area contributed by atoms with E-state index in [1.165, 1.54) is 24.3 Å². The maximum absolute atomic E-state index is 13.9. The van der Waals surface area contributed by atoms with Crippen LogP contribution < -0.4 is 0 Å². The number of nitro groups is 1. The van der Waals surface area contributed by atoms with E-state index in [4.69, 9.17) is 23.2 Å². The van der Waals surface area contributed by atoms with E-state index in [0.29, 0.717) is 33.2 Å². The van der Waals surface area contributed by atoms with Gasteiger partial charge in [-0.05, 0) is 69.3 Å². The Morgan fingerprint density at radius 3 is 2.28 bits per heavy atom. The van der Waals surface area contributed by atoms with Crippen LogP contribution in [0.3, 0.4) is 0 Å². The Labute approximate surface area is 233 Å². The molecule has 0 amide bonds. The maximum Gasteiger partial charge on any atom is 0.416 e. The van der Waals surface area contributed by atoms with Crippen molar-refractivity contribution in [3.63, 3.8) is 0 Å². The number of hydrogen-bond acceptors (Lipinski definition) is 3. The molecular weight excluding hydrogens is 557 g/mol. The molecule has 1 heterocycles. The molecule has 2 aromatic carbocycles. The number of hydrogen-bond donors (Lipinski definition) is 0. The molecule has 0 aliphatic carbocycles. The van der Waals surface area contributed by atoms with Crippen molar-refractivity contribution in [1.29, 1.82) is 0 Å². The summed E-state index contributed by atoms with van der Waals surface area (Å²) < 4.78 is 53.5. The van der Waals surface area contributed by atoms with Crippen molar-refractivity contribution < 1.29 is 22.5 Å². The summed E-state index contributed by atoms with van der Waals surface area (Å²) in [6, 6.07) is 7.40. The fourth-order valence-corrected chi connectivity index (χ4v) is 3.55. The Kier molecular flexibility index (Phi) is 11.2. The lowest BCUT2D eigenvalue weighted by Crippen LogP contribution is -2.05. The second-order valence-electron chi connectivity index (χ2n) is 8.12. The largest absolute Gasteiger partial charge is 0.416 e. The van der Waals surface area contributed by atoms with Gasteiger partial charge in [-0.15, -0.1) is 0 Å². The Morgan fingerprint density at radius 2 is 1.74 bits per heavy atom. The number of alkyl halides is 3. The zero-order chi connectivity index (χ0) is 29.3. The van der Waals surface area contributed by atoms with E-state index in [9.17, 15) is 27.7 Å². The van der Waals surface area contributed by atoms with E-state index < -0.39 is 22.5 Å². The van der Waals surface area contributed by atoms with Gasteiger partial charge in [-0.3, -0.25) is 10.1 Å². The Morgan fingerprint density at radius 1 is 1.05 bits per heavy atom. The maximum atomic E-state index is 13.9. The smallest absolute Gasteiger partial charge is 0.334 e. The molecule has 0 aliphatic rings. The van der Waals surface area contributed by atoms with Crippen molar-refractivity contribution in [1.82, 2.24) is 9.55 Å². The number of rotatable bonds is 6. The summed E-state index contributed by atoms with van der Waals surface area (Å²) >= 11 is 12.1. The predicted molar refractivity (Wildman–Crippen MR) is 148 cm³/mol. The lowest BCUT2D eigenvalue weighted by Gasteiger charge is -2.07. The van der Waals surface area contributed by atoms with E-state index >= 15 is 0 Å². The summed E-state index contributed by atoms with van der Waals surface area (Å²) in [5, 5.41) is 11.2. The molecule has 11 heteroatoms. The number of aryl methyl sites for hydroxylation is 1. The average Bonchev–Trinajstić information content (AvgIpc) is 3.22. The molecule has 0 radical (unpaired) electrons. The van der Waals surface area contributed by atoms with Gasteiger partial charge in [0, 0.05) is 35.5 Å². The molecule has 206 valence electrons. The van der Waals surface area contributed by atoms with Crippen molar-refractivity contribution in [2.24, 2.45) is 7.05 Å². The van der Waals surface area contributed by atoms with E-state index in [2.05, 4.69) is 4.98 Å².